The van der Waals surface area contributed by atoms with Crippen LogP contribution in [-0.4, -0.2) is 0 Å². The second-order valence-electron chi connectivity index (χ2n) is 17.9. The lowest BCUT2D eigenvalue weighted by Crippen LogP contribution is -2.26. The van der Waals surface area contributed by atoms with Crippen LogP contribution in [0.25, 0.3) is 66.4 Å². The first-order valence-corrected chi connectivity index (χ1v) is 22.2. The van der Waals surface area contributed by atoms with E-state index >= 15 is 0 Å². The van der Waals surface area contributed by atoms with Gasteiger partial charge in [0.1, 0.15) is 0 Å². The van der Waals surface area contributed by atoms with E-state index in [1.807, 2.05) is 0 Å². The van der Waals surface area contributed by atoms with Crippen molar-refractivity contribution in [1.82, 2.24) is 0 Å². The van der Waals surface area contributed by atoms with Crippen LogP contribution in [-0.2, 0) is 10.8 Å². The highest BCUT2D eigenvalue weighted by molar-refractivity contribution is 6.16. The Kier molecular flexibility index (Phi) is 7.64. The number of benzene rings is 10. The molecule has 0 amide bonds. The zero-order valence-electron chi connectivity index (χ0n) is 35.3. The minimum atomic E-state index is -0.472. The molecule has 13 rings (SSSR count). The first kappa shape index (κ1) is 36.0. The fourth-order valence-corrected chi connectivity index (χ4v) is 11.9. The third-order valence-corrected chi connectivity index (χ3v) is 14.4. The van der Waals surface area contributed by atoms with Crippen LogP contribution in [0.4, 0.5) is 17.1 Å². The van der Waals surface area contributed by atoms with Gasteiger partial charge in [0.05, 0.1) is 11.1 Å². The molecule has 10 aromatic carbocycles. The first-order chi connectivity index (χ1) is 31.0. The molecule has 296 valence electrons. The molecule has 0 fully saturated rings. The van der Waals surface area contributed by atoms with Gasteiger partial charge in [-0.25, -0.2) is 0 Å². The predicted octanol–water partition coefficient (Wildman–Crippen LogP) is 16.3. The highest BCUT2D eigenvalue weighted by atomic mass is 15.1. The molecule has 0 saturated heterocycles. The van der Waals surface area contributed by atoms with Crippen LogP contribution < -0.4 is 4.90 Å². The second kappa shape index (κ2) is 13.4. The van der Waals surface area contributed by atoms with Crippen molar-refractivity contribution in [3.63, 3.8) is 0 Å². The Morgan fingerprint density at radius 2 is 0.762 bits per heavy atom. The second-order valence-corrected chi connectivity index (χ2v) is 17.9. The van der Waals surface area contributed by atoms with E-state index in [-0.39, 0.29) is 5.41 Å². The predicted molar refractivity (Wildman–Crippen MR) is 263 cm³/mol. The highest BCUT2D eigenvalue weighted by Gasteiger charge is 2.52. The molecule has 0 radical (unpaired) electrons. The highest BCUT2D eigenvalue weighted by Crippen LogP contribution is 2.65. The average Bonchev–Trinajstić information content (AvgIpc) is 3.91. The number of fused-ring (bicyclic) bond motifs is 15. The maximum absolute atomic E-state index is 2.60. The molecule has 0 heterocycles. The van der Waals surface area contributed by atoms with Gasteiger partial charge in [0, 0.05) is 27.9 Å². The van der Waals surface area contributed by atoms with E-state index in [1.165, 1.54) is 105 Å². The number of nitrogens with zero attached hydrogens (tertiary/aromatic N) is 1. The van der Waals surface area contributed by atoms with Crippen molar-refractivity contribution in [3.8, 4) is 55.6 Å². The van der Waals surface area contributed by atoms with E-state index in [2.05, 4.69) is 243 Å². The monoisotopic (exact) mass is 801 g/mol. The Labute approximate surface area is 369 Å². The van der Waals surface area contributed by atoms with E-state index in [9.17, 15) is 0 Å². The molecule has 63 heavy (non-hydrogen) atoms. The van der Waals surface area contributed by atoms with E-state index in [0.717, 1.165) is 11.4 Å². The van der Waals surface area contributed by atoms with Crippen LogP contribution in [0.1, 0.15) is 47.2 Å². The molecule has 0 saturated carbocycles. The van der Waals surface area contributed by atoms with Crippen LogP contribution in [0.3, 0.4) is 0 Å². The number of hydrogen-bond donors (Lipinski definition) is 0. The van der Waals surface area contributed by atoms with Crippen LogP contribution >= 0.6 is 0 Å². The fourth-order valence-electron chi connectivity index (χ4n) is 11.9. The number of anilines is 3. The molecule has 1 heteroatoms. The molecule has 1 spiro atoms. The van der Waals surface area contributed by atoms with Gasteiger partial charge in [-0.3, -0.25) is 0 Å². The van der Waals surface area contributed by atoms with Gasteiger partial charge >= 0.3 is 0 Å². The number of rotatable bonds is 5. The molecule has 0 aromatic heterocycles. The summed E-state index contributed by atoms with van der Waals surface area (Å²) < 4.78 is 0. The molecule has 3 aliphatic rings. The molecule has 3 aliphatic carbocycles. The number of hydrogen-bond acceptors (Lipinski definition) is 1. The zero-order chi connectivity index (χ0) is 41.9. The van der Waals surface area contributed by atoms with Gasteiger partial charge < -0.3 is 4.90 Å². The van der Waals surface area contributed by atoms with Gasteiger partial charge in [-0.2, -0.15) is 0 Å². The summed E-state index contributed by atoms with van der Waals surface area (Å²) in [4.78, 5) is 2.60. The van der Waals surface area contributed by atoms with E-state index in [0.29, 0.717) is 0 Å². The zero-order valence-corrected chi connectivity index (χ0v) is 35.3. The smallest absolute Gasteiger partial charge is 0.0726 e. The van der Waals surface area contributed by atoms with Gasteiger partial charge in [-0.05, 0) is 113 Å². The van der Waals surface area contributed by atoms with E-state index in [4.69, 9.17) is 0 Å². The summed E-state index contributed by atoms with van der Waals surface area (Å²) in [5, 5.41) is 2.56. The third kappa shape index (κ3) is 4.88. The van der Waals surface area contributed by atoms with Crippen LogP contribution in [0.2, 0.25) is 0 Å². The van der Waals surface area contributed by atoms with Crippen molar-refractivity contribution in [3.05, 3.63) is 258 Å². The normalized spacial score (nSPS) is 14.1. The summed E-state index contributed by atoms with van der Waals surface area (Å²) in [7, 11) is 0. The van der Waals surface area contributed by atoms with Gasteiger partial charge in [0.15, 0.2) is 0 Å². The largest absolute Gasteiger partial charge is 0.309 e. The molecular formula is C62H43N. The van der Waals surface area contributed by atoms with Gasteiger partial charge in [-0.1, -0.05) is 214 Å². The minimum absolute atomic E-state index is 0.237. The van der Waals surface area contributed by atoms with Crippen molar-refractivity contribution in [2.24, 2.45) is 0 Å². The Bertz CT molecular complexity index is 3400. The van der Waals surface area contributed by atoms with Crippen LogP contribution in [0.5, 0.6) is 0 Å². The molecule has 0 atom stereocenters. The van der Waals surface area contributed by atoms with Crippen molar-refractivity contribution < 1.29 is 0 Å². The first-order valence-electron chi connectivity index (χ1n) is 22.2. The molecular weight excluding hydrogens is 759 g/mol. The summed E-state index contributed by atoms with van der Waals surface area (Å²) in [5.41, 5.74) is 23.5. The van der Waals surface area contributed by atoms with Crippen LogP contribution in [0, 0.1) is 0 Å². The van der Waals surface area contributed by atoms with Gasteiger partial charge in [0.25, 0.3) is 0 Å². The Morgan fingerprint density at radius 3 is 1.37 bits per heavy atom. The Hall–Kier alpha value is -7.74. The lowest BCUT2D eigenvalue weighted by molar-refractivity contribution is 0.666. The topological polar surface area (TPSA) is 3.24 Å². The van der Waals surface area contributed by atoms with Gasteiger partial charge in [0.2, 0.25) is 0 Å². The van der Waals surface area contributed by atoms with E-state index < -0.39 is 5.41 Å². The van der Waals surface area contributed by atoms with E-state index in [1.54, 1.807) is 0 Å². The Balaban J connectivity index is 1.17. The Morgan fingerprint density at radius 1 is 0.317 bits per heavy atom. The van der Waals surface area contributed by atoms with Gasteiger partial charge in [-0.15, -0.1) is 0 Å². The molecule has 0 N–H and O–H groups in total. The lowest BCUT2D eigenvalue weighted by atomic mass is 9.70. The molecule has 0 bridgehead atoms. The van der Waals surface area contributed by atoms with Crippen LogP contribution in [0.15, 0.2) is 224 Å². The average molecular weight is 802 g/mol. The molecule has 10 aromatic rings. The maximum atomic E-state index is 2.60. The maximum Gasteiger partial charge on any atom is 0.0726 e. The summed E-state index contributed by atoms with van der Waals surface area (Å²) in [6, 6.07) is 84.0. The fraction of sp³-hybridized carbons (Fsp3) is 0.0645. The minimum Gasteiger partial charge on any atom is -0.309 e. The third-order valence-electron chi connectivity index (χ3n) is 14.4. The standard InChI is InChI=1S/C62H43N/c1-61(2)52-29-15-14-28-51(52)58-59(61)50-27-10-9-26-49(50)57(42-21-7-4-8-22-42)60(58)63(43-35-33-41(34-36-43)40-19-5-3-6-20-40)44-37-38-48-47-25-13-18-32-55(47)62(56(48)39-44)53-30-16-11-23-45(53)46-24-12-17-31-54(46)62/h3-39H,1-2H3. The summed E-state index contributed by atoms with van der Waals surface area (Å²) in [6.45, 7) is 4.83. The van der Waals surface area contributed by atoms with Crippen molar-refractivity contribution in [1.29, 1.82) is 0 Å². The summed E-state index contributed by atoms with van der Waals surface area (Å²) >= 11 is 0. The lowest BCUT2D eigenvalue weighted by Gasteiger charge is -2.35. The summed E-state index contributed by atoms with van der Waals surface area (Å²) in [6.07, 6.45) is 0. The molecule has 0 unspecified atom stereocenters. The molecule has 0 aliphatic heterocycles. The van der Waals surface area contributed by atoms with Crippen molar-refractivity contribution in [2.75, 3.05) is 4.90 Å². The quantitative estimate of drug-likeness (QED) is 0.168. The molecule has 1 nitrogen and oxygen atoms in total. The van der Waals surface area contributed by atoms with Crippen molar-refractivity contribution >= 4 is 27.8 Å². The SMILES string of the molecule is CC1(C)c2ccccc2-c2c(N(c3ccc(-c4ccccc4)cc3)c3ccc4c(c3)C3(c5ccccc5-c5ccccc53)c3ccccc3-4)c(-c3ccccc3)c3ccccc3c21. The summed E-state index contributed by atoms with van der Waals surface area (Å²) in [5.74, 6) is 0. The van der Waals surface area contributed by atoms with Crippen molar-refractivity contribution in [2.45, 2.75) is 24.7 Å².